The molecule has 188 valence electrons. The standard InChI is InChI=1S/C25H34N6O4/c1-14(2)20(22(32)18-12-28-10-6-16(18)24(26)34)30-8-5-9-31-21(15(3)4)23(33)19-13-29-11-7-17(19)25(27)35/h6-7,10-15,20-21,30-31H,5,8-9H2,1-4H3,(H2,26,34)(H2,27,35). The Kier molecular flexibility index (Phi) is 10.2. The van der Waals surface area contributed by atoms with Crippen LogP contribution < -0.4 is 22.1 Å². The molecule has 0 aromatic carbocycles. The number of primary amides is 2. The second-order valence-electron chi connectivity index (χ2n) is 9.00. The van der Waals surface area contributed by atoms with Crippen LogP contribution in [0.4, 0.5) is 0 Å². The number of pyridine rings is 2. The van der Waals surface area contributed by atoms with Gasteiger partial charge < -0.3 is 22.1 Å². The summed E-state index contributed by atoms with van der Waals surface area (Å²) in [6.07, 6.45) is 6.19. The lowest BCUT2D eigenvalue weighted by molar-refractivity contribution is 0.0902. The smallest absolute Gasteiger partial charge is 0.249 e. The van der Waals surface area contributed by atoms with Gasteiger partial charge in [0.2, 0.25) is 11.8 Å². The highest BCUT2D eigenvalue weighted by Crippen LogP contribution is 2.16. The van der Waals surface area contributed by atoms with Gasteiger partial charge in [-0.3, -0.25) is 29.1 Å². The van der Waals surface area contributed by atoms with E-state index in [2.05, 4.69) is 20.6 Å². The van der Waals surface area contributed by atoms with Gasteiger partial charge in [0.1, 0.15) is 0 Å². The van der Waals surface area contributed by atoms with Crippen LogP contribution in [0.3, 0.4) is 0 Å². The van der Waals surface area contributed by atoms with Gasteiger partial charge in [0, 0.05) is 24.8 Å². The Bertz CT molecular complexity index is 986. The SMILES string of the molecule is CC(C)C(NCCCNC(C(=O)c1cnccc1C(N)=O)C(C)C)C(=O)c1cnccc1C(N)=O. The van der Waals surface area contributed by atoms with Crippen LogP contribution in [0.1, 0.15) is 75.5 Å². The Balaban J connectivity index is 2.00. The van der Waals surface area contributed by atoms with Gasteiger partial charge in [-0.1, -0.05) is 27.7 Å². The van der Waals surface area contributed by atoms with E-state index in [-0.39, 0.29) is 45.7 Å². The third kappa shape index (κ3) is 7.24. The van der Waals surface area contributed by atoms with E-state index >= 15 is 0 Å². The highest BCUT2D eigenvalue weighted by atomic mass is 16.2. The summed E-state index contributed by atoms with van der Waals surface area (Å²) in [5.74, 6) is -1.94. The minimum Gasteiger partial charge on any atom is -0.366 e. The highest BCUT2D eigenvalue weighted by molar-refractivity contribution is 6.10. The molecule has 0 spiro atoms. The third-order valence-corrected chi connectivity index (χ3v) is 5.68. The van der Waals surface area contributed by atoms with Gasteiger partial charge in [0.15, 0.2) is 11.6 Å². The summed E-state index contributed by atoms with van der Waals surface area (Å²) in [7, 11) is 0. The van der Waals surface area contributed by atoms with Crippen molar-refractivity contribution in [3.63, 3.8) is 0 Å². The van der Waals surface area contributed by atoms with Crippen LogP contribution in [-0.2, 0) is 0 Å². The molecular weight excluding hydrogens is 448 g/mol. The Hall–Kier alpha value is -3.50. The van der Waals surface area contributed by atoms with Crippen molar-refractivity contribution >= 4 is 23.4 Å². The molecule has 0 saturated carbocycles. The molecule has 0 aliphatic rings. The molecule has 2 unspecified atom stereocenters. The van der Waals surface area contributed by atoms with E-state index in [1.165, 1.54) is 36.9 Å². The van der Waals surface area contributed by atoms with E-state index in [0.717, 1.165) is 0 Å². The average Bonchev–Trinajstić information content (AvgIpc) is 2.82. The van der Waals surface area contributed by atoms with E-state index in [1.807, 2.05) is 27.7 Å². The average molecular weight is 483 g/mol. The van der Waals surface area contributed by atoms with Crippen LogP contribution in [0.5, 0.6) is 0 Å². The molecule has 0 fully saturated rings. The first kappa shape index (κ1) is 27.7. The number of aromatic nitrogens is 2. The van der Waals surface area contributed by atoms with Gasteiger partial charge in [-0.25, -0.2) is 0 Å². The maximum absolute atomic E-state index is 13.1. The summed E-state index contributed by atoms with van der Waals surface area (Å²) in [5, 5.41) is 6.49. The van der Waals surface area contributed by atoms with Crippen molar-refractivity contribution in [2.24, 2.45) is 23.3 Å². The number of nitrogens with one attached hydrogen (secondary N) is 2. The van der Waals surface area contributed by atoms with Crippen LogP contribution in [0, 0.1) is 11.8 Å². The summed E-state index contributed by atoms with van der Waals surface area (Å²) < 4.78 is 0. The maximum Gasteiger partial charge on any atom is 0.249 e. The first-order valence-corrected chi connectivity index (χ1v) is 11.6. The Morgan fingerprint density at radius 1 is 0.714 bits per heavy atom. The van der Waals surface area contributed by atoms with Crippen LogP contribution >= 0.6 is 0 Å². The van der Waals surface area contributed by atoms with Crippen LogP contribution in [0.2, 0.25) is 0 Å². The zero-order valence-electron chi connectivity index (χ0n) is 20.6. The van der Waals surface area contributed by atoms with Crippen molar-refractivity contribution < 1.29 is 19.2 Å². The van der Waals surface area contributed by atoms with Gasteiger partial charge in [-0.05, 0) is 43.5 Å². The van der Waals surface area contributed by atoms with Crippen LogP contribution in [-0.4, -0.2) is 58.5 Å². The molecule has 2 atom stereocenters. The number of hydrogen-bond donors (Lipinski definition) is 4. The molecule has 2 rings (SSSR count). The number of hydrogen-bond acceptors (Lipinski definition) is 8. The molecule has 0 bridgehead atoms. The fraction of sp³-hybridized carbons (Fsp3) is 0.440. The highest BCUT2D eigenvalue weighted by Gasteiger charge is 2.28. The molecule has 0 radical (unpaired) electrons. The monoisotopic (exact) mass is 482 g/mol. The van der Waals surface area contributed by atoms with Crippen molar-refractivity contribution in [2.75, 3.05) is 13.1 Å². The first-order valence-electron chi connectivity index (χ1n) is 11.6. The molecule has 2 aromatic rings. The number of nitrogens with two attached hydrogens (primary N) is 2. The van der Waals surface area contributed by atoms with Crippen LogP contribution in [0.15, 0.2) is 36.9 Å². The zero-order chi connectivity index (χ0) is 26.1. The Morgan fingerprint density at radius 3 is 1.40 bits per heavy atom. The minimum absolute atomic E-state index is 0.0424. The predicted octanol–water partition coefficient (Wildman–Crippen LogP) is 1.36. The molecule has 0 aliphatic heterocycles. The summed E-state index contributed by atoms with van der Waals surface area (Å²) >= 11 is 0. The fourth-order valence-corrected chi connectivity index (χ4v) is 3.81. The van der Waals surface area contributed by atoms with Crippen LogP contribution in [0.25, 0.3) is 0 Å². The number of amides is 2. The first-order chi connectivity index (χ1) is 16.6. The van der Waals surface area contributed by atoms with Gasteiger partial charge in [-0.2, -0.15) is 0 Å². The van der Waals surface area contributed by atoms with Crippen molar-refractivity contribution in [1.82, 2.24) is 20.6 Å². The number of carbonyl (C=O) groups is 4. The Morgan fingerprint density at radius 2 is 1.09 bits per heavy atom. The van der Waals surface area contributed by atoms with E-state index in [1.54, 1.807) is 0 Å². The zero-order valence-corrected chi connectivity index (χ0v) is 20.6. The number of carbonyl (C=O) groups excluding carboxylic acids is 4. The molecule has 0 aliphatic carbocycles. The molecule has 0 saturated heterocycles. The van der Waals surface area contributed by atoms with Gasteiger partial charge in [0.05, 0.1) is 34.3 Å². The molecule has 10 nitrogen and oxygen atoms in total. The van der Waals surface area contributed by atoms with Crippen molar-refractivity contribution in [1.29, 1.82) is 0 Å². The third-order valence-electron chi connectivity index (χ3n) is 5.68. The number of nitrogens with zero attached hydrogens (tertiary/aromatic N) is 2. The lowest BCUT2D eigenvalue weighted by Crippen LogP contribution is -2.45. The number of rotatable bonds is 14. The summed E-state index contributed by atoms with van der Waals surface area (Å²) in [5.41, 5.74) is 11.5. The van der Waals surface area contributed by atoms with Gasteiger partial charge in [0.25, 0.3) is 0 Å². The van der Waals surface area contributed by atoms with Gasteiger partial charge >= 0.3 is 0 Å². The van der Waals surface area contributed by atoms with E-state index < -0.39 is 23.9 Å². The van der Waals surface area contributed by atoms with E-state index in [4.69, 9.17) is 11.5 Å². The number of ketones is 2. The second-order valence-corrected chi connectivity index (χ2v) is 9.00. The van der Waals surface area contributed by atoms with Crippen molar-refractivity contribution in [2.45, 2.75) is 46.2 Å². The summed E-state index contributed by atoms with van der Waals surface area (Å²) in [6, 6.07) is 1.80. The molecule has 2 amide bonds. The van der Waals surface area contributed by atoms with Crippen molar-refractivity contribution in [3.8, 4) is 0 Å². The quantitative estimate of drug-likeness (QED) is 0.231. The molecule has 10 heteroatoms. The number of Topliss-reactive ketones (excluding diaryl/α,β-unsaturated/α-hetero) is 2. The lowest BCUT2D eigenvalue weighted by atomic mass is 9.92. The topological polar surface area (TPSA) is 170 Å². The lowest BCUT2D eigenvalue weighted by Gasteiger charge is -2.24. The summed E-state index contributed by atoms with van der Waals surface area (Å²) in [4.78, 5) is 57.5. The Labute approximate surface area is 205 Å². The fourth-order valence-electron chi connectivity index (χ4n) is 3.81. The maximum atomic E-state index is 13.1. The molecule has 6 N–H and O–H groups in total. The van der Waals surface area contributed by atoms with E-state index in [9.17, 15) is 19.2 Å². The normalized spacial score (nSPS) is 13.0. The molecule has 2 aromatic heterocycles. The molecule has 2 heterocycles. The van der Waals surface area contributed by atoms with E-state index in [0.29, 0.717) is 19.5 Å². The molecular formula is C25H34N6O4. The minimum atomic E-state index is -0.681. The molecule has 35 heavy (non-hydrogen) atoms. The summed E-state index contributed by atoms with van der Waals surface area (Å²) in [6.45, 7) is 8.62. The van der Waals surface area contributed by atoms with Crippen molar-refractivity contribution in [3.05, 3.63) is 59.2 Å². The predicted molar refractivity (Wildman–Crippen MR) is 132 cm³/mol. The second kappa shape index (κ2) is 12.8. The largest absolute Gasteiger partial charge is 0.366 e. The van der Waals surface area contributed by atoms with Gasteiger partial charge in [-0.15, -0.1) is 0 Å².